The third kappa shape index (κ3) is 3.04. The van der Waals surface area contributed by atoms with Gasteiger partial charge in [-0.15, -0.1) is 11.8 Å². The fourth-order valence-corrected chi connectivity index (χ4v) is 3.20. The van der Waals surface area contributed by atoms with Crippen LogP contribution in [0, 0.1) is 0 Å². The van der Waals surface area contributed by atoms with E-state index in [0.717, 1.165) is 25.9 Å². The smallest absolute Gasteiger partial charge is 0.333 e. The zero-order valence-electron chi connectivity index (χ0n) is 9.59. The van der Waals surface area contributed by atoms with Gasteiger partial charge in [-0.1, -0.05) is 6.42 Å². The third-order valence-electron chi connectivity index (χ3n) is 3.04. The maximum Gasteiger partial charge on any atom is 0.333 e. The predicted molar refractivity (Wildman–Crippen MR) is 64.5 cm³/mol. The molecule has 1 atom stereocenters. The monoisotopic (exact) mass is 259 g/mol. The fraction of sp³-hybridized carbons (Fsp3) is 0.800. The quantitative estimate of drug-likeness (QED) is 0.758. The van der Waals surface area contributed by atoms with Gasteiger partial charge < -0.3 is 5.11 Å². The molecule has 0 spiro atoms. The van der Waals surface area contributed by atoms with Gasteiger partial charge in [-0.3, -0.25) is 10.3 Å². The third-order valence-corrected chi connectivity index (χ3v) is 4.05. The summed E-state index contributed by atoms with van der Waals surface area (Å²) in [5, 5.41) is 10.9. The largest absolute Gasteiger partial charge is 0.480 e. The maximum atomic E-state index is 11.9. The molecular weight excluding hydrogens is 242 g/mol. The van der Waals surface area contributed by atoms with Gasteiger partial charge in [-0.25, -0.2) is 14.6 Å². The van der Waals surface area contributed by atoms with Crippen LogP contribution in [0.2, 0.25) is 0 Å². The van der Waals surface area contributed by atoms with Gasteiger partial charge in [0.05, 0.1) is 5.88 Å². The van der Waals surface area contributed by atoms with Crippen LogP contribution < -0.4 is 5.43 Å². The summed E-state index contributed by atoms with van der Waals surface area (Å²) in [5.74, 6) is 0.00291. The van der Waals surface area contributed by atoms with Gasteiger partial charge in [-0.2, -0.15) is 0 Å². The van der Waals surface area contributed by atoms with Crippen molar-refractivity contribution in [3.8, 4) is 0 Å². The van der Waals surface area contributed by atoms with Crippen molar-refractivity contribution < 1.29 is 14.7 Å². The van der Waals surface area contributed by atoms with Gasteiger partial charge in [0.25, 0.3) is 0 Å². The van der Waals surface area contributed by atoms with E-state index in [-0.39, 0.29) is 6.03 Å². The highest BCUT2D eigenvalue weighted by Crippen LogP contribution is 2.21. The first-order valence-corrected chi connectivity index (χ1v) is 6.96. The van der Waals surface area contributed by atoms with Gasteiger partial charge in [0.15, 0.2) is 0 Å². The van der Waals surface area contributed by atoms with Crippen LogP contribution in [0.5, 0.6) is 0 Å². The highest BCUT2D eigenvalue weighted by Gasteiger charge is 2.35. The minimum Gasteiger partial charge on any atom is -0.480 e. The minimum atomic E-state index is -0.927. The normalized spacial score (nSPS) is 25.9. The number of urea groups is 1. The molecule has 0 aromatic rings. The number of thioether (sulfide) groups is 1. The second-order valence-corrected chi connectivity index (χ2v) is 5.29. The molecule has 2 amide bonds. The number of nitrogens with one attached hydrogen (secondary N) is 1. The molecule has 2 fully saturated rings. The Morgan fingerprint density at radius 1 is 1.24 bits per heavy atom. The molecule has 96 valence electrons. The Labute approximate surface area is 104 Å². The number of nitrogens with zero attached hydrogens (tertiary/aromatic N) is 2. The Kier molecular flexibility index (Phi) is 4.11. The molecule has 2 aliphatic rings. The SMILES string of the molecule is O=C(O)[C@@H]1CSCN1C(=O)NN1CCCCC1. The van der Waals surface area contributed by atoms with Crippen LogP contribution in [0.3, 0.4) is 0 Å². The molecule has 2 rings (SSSR count). The number of carbonyl (C=O) groups is 2. The van der Waals surface area contributed by atoms with Gasteiger partial charge in [-0.05, 0) is 12.8 Å². The summed E-state index contributed by atoms with van der Waals surface area (Å²) in [6, 6.07) is -0.978. The number of carboxylic acid groups (broad SMARTS) is 1. The van der Waals surface area contributed by atoms with E-state index in [0.29, 0.717) is 11.6 Å². The first-order valence-electron chi connectivity index (χ1n) is 5.81. The predicted octanol–water partition coefficient (Wildman–Crippen LogP) is 0.556. The first kappa shape index (κ1) is 12.5. The van der Waals surface area contributed by atoms with Crippen molar-refractivity contribution in [3.05, 3.63) is 0 Å². The average molecular weight is 259 g/mol. The molecule has 7 heteroatoms. The Balaban J connectivity index is 1.88. The summed E-state index contributed by atoms with van der Waals surface area (Å²) < 4.78 is 0. The Hall–Kier alpha value is -0.950. The zero-order valence-corrected chi connectivity index (χ0v) is 10.4. The lowest BCUT2D eigenvalue weighted by Gasteiger charge is -2.30. The molecule has 0 aliphatic carbocycles. The van der Waals surface area contributed by atoms with Crippen molar-refractivity contribution in [2.75, 3.05) is 24.7 Å². The first-order chi connectivity index (χ1) is 8.18. The van der Waals surface area contributed by atoms with Crippen LogP contribution in [0.15, 0.2) is 0 Å². The Morgan fingerprint density at radius 3 is 2.59 bits per heavy atom. The van der Waals surface area contributed by atoms with Crippen molar-refractivity contribution in [3.63, 3.8) is 0 Å². The van der Waals surface area contributed by atoms with Crippen molar-refractivity contribution in [2.45, 2.75) is 25.3 Å². The lowest BCUT2D eigenvalue weighted by atomic mass is 10.2. The van der Waals surface area contributed by atoms with Crippen LogP contribution in [0.4, 0.5) is 4.79 Å². The number of hydrogen-bond acceptors (Lipinski definition) is 4. The summed E-state index contributed by atoms with van der Waals surface area (Å²) >= 11 is 1.47. The second kappa shape index (κ2) is 5.59. The van der Waals surface area contributed by atoms with Gasteiger partial charge in [0, 0.05) is 18.8 Å². The number of hydrazine groups is 1. The number of carboxylic acids is 1. The number of carbonyl (C=O) groups excluding carboxylic acids is 1. The van der Waals surface area contributed by atoms with Crippen LogP contribution >= 0.6 is 11.8 Å². The number of amides is 2. The van der Waals surface area contributed by atoms with Crippen molar-refractivity contribution in [1.82, 2.24) is 15.3 Å². The maximum absolute atomic E-state index is 11.9. The topological polar surface area (TPSA) is 72.9 Å². The van der Waals surface area contributed by atoms with E-state index < -0.39 is 12.0 Å². The minimum absolute atomic E-state index is 0.288. The van der Waals surface area contributed by atoms with Crippen molar-refractivity contribution in [2.24, 2.45) is 0 Å². The Bertz CT molecular complexity index is 307. The van der Waals surface area contributed by atoms with Crippen LogP contribution in [-0.2, 0) is 4.79 Å². The van der Waals surface area contributed by atoms with Crippen molar-refractivity contribution >= 4 is 23.8 Å². The van der Waals surface area contributed by atoms with Crippen molar-refractivity contribution in [1.29, 1.82) is 0 Å². The molecule has 0 unspecified atom stereocenters. The molecule has 0 bridgehead atoms. The van der Waals surface area contributed by atoms with Crippen LogP contribution in [0.25, 0.3) is 0 Å². The van der Waals surface area contributed by atoms with E-state index in [1.807, 2.05) is 5.01 Å². The van der Waals surface area contributed by atoms with Crippen LogP contribution in [0.1, 0.15) is 19.3 Å². The standard InChI is InChI=1S/C10H17N3O3S/c14-9(15)8-6-17-7-13(8)10(16)11-12-4-2-1-3-5-12/h8H,1-7H2,(H,11,16)(H,14,15)/t8-/m0/s1. The van der Waals surface area contributed by atoms with E-state index in [4.69, 9.17) is 5.11 Å². The lowest BCUT2D eigenvalue weighted by Crippen LogP contribution is -2.53. The number of rotatable bonds is 2. The molecular formula is C10H17N3O3S. The summed E-state index contributed by atoms with van der Waals surface area (Å²) in [6.45, 7) is 1.70. The second-order valence-electron chi connectivity index (χ2n) is 4.29. The van der Waals surface area contributed by atoms with Gasteiger partial charge in [0.1, 0.15) is 6.04 Å². The molecule has 0 aromatic heterocycles. The van der Waals surface area contributed by atoms with Crippen LogP contribution in [-0.4, -0.2) is 57.8 Å². The van der Waals surface area contributed by atoms with E-state index in [1.165, 1.54) is 23.1 Å². The summed E-state index contributed by atoms with van der Waals surface area (Å²) in [4.78, 5) is 24.3. The molecule has 2 N–H and O–H groups in total. The van der Waals surface area contributed by atoms with Gasteiger partial charge >= 0.3 is 12.0 Å². The molecule has 0 aromatic carbocycles. The van der Waals surface area contributed by atoms with E-state index in [2.05, 4.69) is 5.43 Å². The summed E-state index contributed by atoms with van der Waals surface area (Å²) in [6.07, 6.45) is 3.36. The highest BCUT2D eigenvalue weighted by atomic mass is 32.2. The molecule has 17 heavy (non-hydrogen) atoms. The molecule has 0 radical (unpaired) electrons. The number of aliphatic carboxylic acids is 1. The average Bonchev–Trinajstić information content (AvgIpc) is 2.79. The van der Waals surface area contributed by atoms with E-state index in [9.17, 15) is 9.59 Å². The molecule has 2 heterocycles. The fourth-order valence-electron chi connectivity index (χ4n) is 2.05. The molecule has 2 aliphatic heterocycles. The number of piperidine rings is 1. The van der Waals surface area contributed by atoms with E-state index >= 15 is 0 Å². The molecule has 6 nitrogen and oxygen atoms in total. The van der Waals surface area contributed by atoms with Gasteiger partial charge in [0.2, 0.25) is 0 Å². The summed E-state index contributed by atoms with van der Waals surface area (Å²) in [5.41, 5.74) is 2.79. The Morgan fingerprint density at radius 2 is 1.94 bits per heavy atom. The zero-order chi connectivity index (χ0) is 12.3. The summed E-state index contributed by atoms with van der Waals surface area (Å²) in [7, 11) is 0. The van der Waals surface area contributed by atoms with E-state index in [1.54, 1.807) is 0 Å². The highest BCUT2D eigenvalue weighted by molar-refractivity contribution is 7.99. The molecule has 0 saturated carbocycles. The lowest BCUT2D eigenvalue weighted by molar-refractivity contribution is -0.140. The number of hydrogen-bond donors (Lipinski definition) is 2. The molecule has 2 saturated heterocycles.